The summed E-state index contributed by atoms with van der Waals surface area (Å²) in [5.41, 5.74) is 2.82. The number of fused-ring (bicyclic) bond motifs is 1. The van der Waals surface area contributed by atoms with E-state index in [9.17, 15) is 0 Å². The Labute approximate surface area is 108 Å². The molecule has 1 aromatic carbocycles. The summed E-state index contributed by atoms with van der Waals surface area (Å²) in [6, 6.07) is 11.5. The third-order valence-corrected chi connectivity index (χ3v) is 3.01. The van der Waals surface area contributed by atoms with Gasteiger partial charge in [0.25, 0.3) is 0 Å². The summed E-state index contributed by atoms with van der Waals surface area (Å²) in [6.07, 6.45) is 0. The Morgan fingerprint density at radius 2 is 1.94 bits per heavy atom. The molecule has 3 rings (SSSR count). The van der Waals surface area contributed by atoms with E-state index in [0.717, 1.165) is 11.3 Å². The predicted molar refractivity (Wildman–Crippen MR) is 69.5 cm³/mol. The summed E-state index contributed by atoms with van der Waals surface area (Å²) >= 11 is 10.3. The smallest absolute Gasteiger partial charge is 0.205 e. The number of aromatic nitrogens is 2. The lowest BCUT2D eigenvalue weighted by Crippen LogP contribution is -1.84. The SMILES string of the molecule is Sc1noc2c(Cl)cc(-c3ccccc3)nc12. The highest BCUT2D eigenvalue weighted by atomic mass is 35.5. The Morgan fingerprint density at radius 1 is 1.18 bits per heavy atom. The van der Waals surface area contributed by atoms with Crippen LogP contribution in [0.5, 0.6) is 0 Å². The average Bonchev–Trinajstić information content (AvgIpc) is 2.73. The van der Waals surface area contributed by atoms with Gasteiger partial charge in [0.05, 0.1) is 10.7 Å². The van der Waals surface area contributed by atoms with E-state index < -0.39 is 0 Å². The van der Waals surface area contributed by atoms with Crippen LogP contribution in [0.4, 0.5) is 0 Å². The van der Waals surface area contributed by atoms with E-state index >= 15 is 0 Å². The summed E-state index contributed by atoms with van der Waals surface area (Å²) in [6.45, 7) is 0. The quantitative estimate of drug-likeness (QED) is 0.678. The van der Waals surface area contributed by atoms with Gasteiger partial charge in [0, 0.05) is 5.56 Å². The van der Waals surface area contributed by atoms with Crippen molar-refractivity contribution in [3.63, 3.8) is 0 Å². The molecule has 0 saturated carbocycles. The number of thiol groups is 1. The van der Waals surface area contributed by atoms with Crippen molar-refractivity contribution in [1.82, 2.24) is 10.1 Å². The van der Waals surface area contributed by atoms with Gasteiger partial charge in [0.2, 0.25) is 5.58 Å². The largest absolute Gasteiger partial charge is 0.352 e. The summed E-state index contributed by atoms with van der Waals surface area (Å²) in [5, 5.41) is 4.67. The van der Waals surface area contributed by atoms with Crippen LogP contribution in [0.3, 0.4) is 0 Å². The van der Waals surface area contributed by atoms with E-state index in [4.69, 9.17) is 16.1 Å². The lowest BCUT2D eigenvalue weighted by atomic mass is 10.1. The van der Waals surface area contributed by atoms with Gasteiger partial charge in [-0.1, -0.05) is 47.1 Å². The van der Waals surface area contributed by atoms with Gasteiger partial charge in [0.1, 0.15) is 5.52 Å². The molecule has 0 spiro atoms. The molecule has 0 fully saturated rings. The molecule has 3 nitrogen and oxygen atoms in total. The molecular weight excluding hydrogens is 256 g/mol. The lowest BCUT2D eigenvalue weighted by Gasteiger charge is -2.01. The first-order valence-corrected chi connectivity index (χ1v) is 5.78. The highest BCUT2D eigenvalue weighted by molar-refractivity contribution is 7.80. The molecule has 0 unspecified atom stereocenters. The van der Waals surface area contributed by atoms with Crippen molar-refractivity contribution in [3.8, 4) is 11.3 Å². The number of hydrogen-bond acceptors (Lipinski definition) is 4. The first-order chi connectivity index (χ1) is 8.25. The molecule has 0 saturated heterocycles. The van der Waals surface area contributed by atoms with Gasteiger partial charge in [-0.15, -0.1) is 12.6 Å². The molecule has 0 aliphatic rings. The van der Waals surface area contributed by atoms with E-state index in [0.29, 0.717) is 21.1 Å². The minimum Gasteiger partial charge on any atom is -0.352 e. The van der Waals surface area contributed by atoms with Crippen LogP contribution >= 0.6 is 24.2 Å². The van der Waals surface area contributed by atoms with Crippen molar-refractivity contribution in [2.75, 3.05) is 0 Å². The van der Waals surface area contributed by atoms with Crippen LogP contribution in [-0.2, 0) is 0 Å². The first kappa shape index (κ1) is 10.6. The summed E-state index contributed by atoms with van der Waals surface area (Å²) < 4.78 is 5.05. The molecule has 0 amide bonds. The van der Waals surface area contributed by atoms with Gasteiger partial charge in [0.15, 0.2) is 5.03 Å². The highest BCUT2D eigenvalue weighted by Crippen LogP contribution is 2.30. The summed E-state index contributed by atoms with van der Waals surface area (Å²) in [5.74, 6) is 0. The minimum atomic E-state index is 0.444. The maximum atomic E-state index is 6.12. The van der Waals surface area contributed by atoms with E-state index in [1.54, 1.807) is 6.07 Å². The Balaban J connectivity index is 2.28. The van der Waals surface area contributed by atoms with E-state index in [2.05, 4.69) is 22.8 Å². The topological polar surface area (TPSA) is 38.9 Å². The zero-order chi connectivity index (χ0) is 11.8. The molecule has 0 bridgehead atoms. The minimum absolute atomic E-state index is 0.444. The van der Waals surface area contributed by atoms with Gasteiger partial charge in [-0.05, 0) is 6.07 Å². The molecular formula is C12H7ClN2OS. The van der Waals surface area contributed by atoms with Crippen molar-refractivity contribution in [3.05, 3.63) is 41.4 Å². The molecule has 2 aromatic heterocycles. The Morgan fingerprint density at radius 3 is 2.71 bits per heavy atom. The van der Waals surface area contributed by atoms with Gasteiger partial charge in [-0.2, -0.15) is 0 Å². The van der Waals surface area contributed by atoms with Crippen molar-refractivity contribution in [2.45, 2.75) is 5.03 Å². The number of benzene rings is 1. The number of hydrogen-bond donors (Lipinski definition) is 1. The normalized spacial score (nSPS) is 10.9. The third-order valence-electron chi connectivity index (χ3n) is 2.43. The van der Waals surface area contributed by atoms with Gasteiger partial charge in [-0.3, -0.25) is 0 Å². The first-order valence-electron chi connectivity index (χ1n) is 4.96. The Bertz CT molecular complexity index is 682. The molecule has 0 N–H and O–H groups in total. The van der Waals surface area contributed by atoms with E-state index in [1.165, 1.54) is 0 Å². The Hall–Kier alpha value is -1.52. The predicted octanol–water partition coefficient (Wildman–Crippen LogP) is 3.83. The van der Waals surface area contributed by atoms with Crippen LogP contribution in [-0.4, -0.2) is 10.1 Å². The number of rotatable bonds is 1. The molecule has 0 aliphatic carbocycles. The second kappa shape index (κ2) is 4.05. The van der Waals surface area contributed by atoms with Gasteiger partial charge < -0.3 is 4.52 Å². The average molecular weight is 263 g/mol. The molecule has 5 heteroatoms. The molecule has 0 aliphatic heterocycles. The van der Waals surface area contributed by atoms with E-state index in [-0.39, 0.29) is 0 Å². The van der Waals surface area contributed by atoms with Crippen LogP contribution in [0.25, 0.3) is 22.4 Å². The van der Waals surface area contributed by atoms with Crippen molar-refractivity contribution < 1.29 is 4.52 Å². The van der Waals surface area contributed by atoms with E-state index in [1.807, 2.05) is 30.3 Å². The molecule has 0 atom stereocenters. The second-order valence-corrected chi connectivity index (χ2v) is 4.37. The number of pyridine rings is 1. The zero-order valence-corrected chi connectivity index (χ0v) is 10.2. The van der Waals surface area contributed by atoms with Crippen molar-refractivity contribution >= 4 is 35.3 Å². The third kappa shape index (κ3) is 1.79. The number of halogens is 1. The lowest BCUT2D eigenvalue weighted by molar-refractivity contribution is 0.438. The standard InChI is InChI=1S/C12H7ClN2OS/c13-8-6-9(7-4-2-1-3-5-7)14-10-11(8)16-15-12(10)17/h1-6H,(H,15,17). The van der Waals surface area contributed by atoms with Gasteiger partial charge in [-0.25, -0.2) is 4.98 Å². The second-order valence-electron chi connectivity index (χ2n) is 3.54. The van der Waals surface area contributed by atoms with Crippen LogP contribution in [0, 0.1) is 0 Å². The maximum Gasteiger partial charge on any atom is 0.205 e. The van der Waals surface area contributed by atoms with Crippen LogP contribution in [0.1, 0.15) is 0 Å². The summed E-state index contributed by atoms with van der Waals surface area (Å²) in [4.78, 5) is 4.45. The fraction of sp³-hybridized carbons (Fsp3) is 0. The fourth-order valence-electron chi connectivity index (χ4n) is 1.63. The van der Waals surface area contributed by atoms with Crippen molar-refractivity contribution in [2.24, 2.45) is 0 Å². The van der Waals surface area contributed by atoms with Gasteiger partial charge >= 0.3 is 0 Å². The fourth-order valence-corrected chi connectivity index (χ4v) is 2.05. The number of nitrogens with zero attached hydrogens (tertiary/aromatic N) is 2. The molecule has 2 heterocycles. The molecule has 17 heavy (non-hydrogen) atoms. The highest BCUT2D eigenvalue weighted by Gasteiger charge is 2.13. The van der Waals surface area contributed by atoms with Crippen LogP contribution in [0.2, 0.25) is 5.02 Å². The van der Waals surface area contributed by atoms with Crippen molar-refractivity contribution in [1.29, 1.82) is 0 Å². The maximum absolute atomic E-state index is 6.12. The zero-order valence-electron chi connectivity index (χ0n) is 8.59. The Kier molecular flexibility index (Phi) is 2.53. The monoisotopic (exact) mass is 262 g/mol. The van der Waals surface area contributed by atoms with Crippen LogP contribution < -0.4 is 0 Å². The molecule has 84 valence electrons. The van der Waals surface area contributed by atoms with Crippen LogP contribution in [0.15, 0.2) is 45.9 Å². The summed E-state index contributed by atoms with van der Waals surface area (Å²) in [7, 11) is 0. The molecule has 0 radical (unpaired) electrons. The molecule has 3 aromatic rings.